The molecular weight excluding hydrogens is 432 g/mol. The van der Waals surface area contributed by atoms with Gasteiger partial charge < -0.3 is 15.4 Å². The number of rotatable bonds is 8. The molecule has 2 atom stereocenters. The molecule has 0 saturated heterocycles. The Balaban J connectivity index is 1.30. The number of aryl methyl sites for hydroxylation is 1. The highest BCUT2D eigenvalue weighted by atomic mass is 35.5. The van der Waals surface area contributed by atoms with Crippen LogP contribution in [0.2, 0.25) is 5.02 Å². The van der Waals surface area contributed by atoms with Crippen molar-refractivity contribution < 1.29 is 9.72 Å². The van der Waals surface area contributed by atoms with Gasteiger partial charge in [0, 0.05) is 31.9 Å². The van der Waals surface area contributed by atoms with E-state index in [0.29, 0.717) is 30.5 Å². The van der Waals surface area contributed by atoms with Crippen molar-refractivity contribution in [2.45, 2.75) is 70.4 Å². The lowest BCUT2D eigenvalue weighted by Crippen LogP contribution is -2.58. The van der Waals surface area contributed by atoms with Crippen molar-refractivity contribution in [1.29, 1.82) is 0 Å². The van der Waals surface area contributed by atoms with Gasteiger partial charge in [-0.25, -0.2) is 0 Å². The zero-order chi connectivity index (χ0) is 22.5. The van der Waals surface area contributed by atoms with Gasteiger partial charge in [-0.15, -0.1) is 0 Å². The van der Waals surface area contributed by atoms with E-state index in [4.69, 9.17) is 11.6 Å². The molecule has 4 aliphatic rings. The molecule has 2 unspecified atom stereocenters. The molecule has 0 aromatic carbocycles. The van der Waals surface area contributed by atoms with Gasteiger partial charge in [-0.3, -0.25) is 9.48 Å². The van der Waals surface area contributed by atoms with E-state index < -0.39 is 4.92 Å². The number of carbonyl (C=O) groups is 1. The third kappa shape index (κ3) is 3.70. The molecule has 0 spiro atoms. The highest BCUT2D eigenvalue weighted by Crippen LogP contribution is 2.65. The van der Waals surface area contributed by atoms with Crippen LogP contribution in [0.1, 0.15) is 57.1 Å². The summed E-state index contributed by atoms with van der Waals surface area (Å²) in [7, 11) is 0. The van der Waals surface area contributed by atoms with E-state index in [-0.39, 0.29) is 27.7 Å². The third-order valence-corrected chi connectivity index (χ3v) is 8.22. The van der Waals surface area contributed by atoms with Crippen LogP contribution in [0.15, 0.2) is 18.5 Å². The van der Waals surface area contributed by atoms with Gasteiger partial charge in [0.05, 0.1) is 16.3 Å². The first kappa shape index (κ1) is 21.4. The van der Waals surface area contributed by atoms with Crippen molar-refractivity contribution in [3.8, 4) is 0 Å². The van der Waals surface area contributed by atoms with E-state index in [2.05, 4.69) is 15.5 Å². The minimum Gasteiger partial charge on any atom is -0.358 e. The van der Waals surface area contributed by atoms with Gasteiger partial charge in [-0.05, 0) is 80.1 Å². The highest BCUT2D eigenvalue weighted by Gasteiger charge is 2.60. The van der Waals surface area contributed by atoms with Crippen molar-refractivity contribution in [3.63, 3.8) is 0 Å². The Hall–Kier alpha value is -2.42. The van der Waals surface area contributed by atoms with Crippen molar-refractivity contribution in [2.75, 3.05) is 6.54 Å². The second-order valence-corrected chi connectivity index (χ2v) is 10.6. The van der Waals surface area contributed by atoms with Crippen LogP contribution in [0.4, 0.5) is 5.82 Å². The van der Waals surface area contributed by atoms with Crippen LogP contribution in [0.25, 0.3) is 0 Å². The van der Waals surface area contributed by atoms with E-state index in [1.165, 1.54) is 6.42 Å². The summed E-state index contributed by atoms with van der Waals surface area (Å²) in [5.74, 6) is 0.906. The Kier molecular flexibility index (Phi) is 5.27. The number of hydrogen-bond donors (Lipinski definition) is 1. The van der Waals surface area contributed by atoms with Crippen molar-refractivity contribution in [3.05, 3.63) is 39.3 Å². The predicted octanol–water partition coefficient (Wildman–Crippen LogP) is 3.84. The molecule has 0 radical (unpaired) electrons. The van der Waals surface area contributed by atoms with E-state index >= 15 is 0 Å². The van der Waals surface area contributed by atoms with E-state index in [9.17, 15) is 14.9 Å². The molecule has 32 heavy (non-hydrogen) atoms. The maximum absolute atomic E-state index is 12.9. The number of aromatic nitrogens is 4. The Labute approximate surface area is 191 Å². The van der Waals surface area contributed by atoms with Crippen LogP contribution in [0, 0.1) is 34.3 Å². The van der Waals surface area contributed by atoms with Crippen LogP contribution in [0.3, 0.4) is 0 Å². The molecule has 4 aliphatic carbocycles. The van der Waals surface area contributed by atoms with Crippen LogP contribution >= 0.6 is 11.6 Å². The number of hydrogen-bond acceptors (Lipinski definition) is 5. The van der Waals surface area contributed by atoms with Gasteiger partial charge >= 0.3 is 5.82 Å². The number of nitro groups is 1. The third-order valence-electron chi connectivity index (χ3n) is 7.78. The summed E-state index contributed by atoms with van der Waals surface area (Å²) >= 11 is 6.28. The first-order chi connectivity index (χ1) is 15.3. The molecule has 4 saturated carbocycles. The average molecular weight is 461 g/mol. The molecule has 1 N–H and O–H groups in total. The Morgan fingerprint density at radius 1 is 1.34 bits per heavy atom. The quantitative estimate of drug-likeness (QED) is 0.365. The van der Waals surface area contributed by atoms with Crippen LogP contribution in [-0.2, 0) is 16.9 Å². The van der Waals surface area contributed by atoms with E-state index in [1.54, 1.807) is 6.20 Å². The normalized spacial score (nSPS) is 30.6. The summed E-state index contributed by atoms with van der Waals surface area (Å²) in [5, 5.41) is 23.2. The standard InChI is InChI=1S/C22H29ClN6O3/c1-15-19(23)20(29(31)32)26-28(15)22-11-16-8-17(12-22)10-21(9-16,14-22)13-18(30)24-4-2-6-27-7-3-5-25-27/h3,5,7,16-17H,2,4,6,8-14H2,1H3,(H,24,30). The summed E-state index contributed by atoms with van der Waals surface area (Å²) in [6.07, 6.45) is 11.1. The second kappa shape index (κ2) is 7.86. The summed E-state index contributed by atoms with van der Waals surface area (Å²) in [5.41, 5.74) is 0.334. The second-order valence-electron chi connectivity index (χ2n) is 10.2. The molecule has 2 aromatic rings. The van der Waals surface area contributed by atoms with E-state index in [0.717, 1.165) is 45.1 Å². The topological polar surface area (TPSA) is 108 Å². The van der Waals surface area contributed by atoms with E-state index in [1.807, 2.05) is 28.6 Å². The monoisotopic (exact) mass is 460 g/mol. The van der Waals surface area contributed by atoms with Crippen molar-refractivity contribution in [1.82, 2.24) is 24.9 Å². The number of nitrogens with zero attached hydrogens (tertiary/aromatic N) is 5. The largest absolute Gasteiger partial charge is 0.408 e. The molecule has 172 valence electrons. The SMILES string of the molecule is Cc1c(Cl)c([N+](=O)[O-])nn1C12CC3CC(CC(CC(=O)NCCCn4cccn4)(C3)C1)C2. The fourth-order valence-electron chi connectivity index (χ4n) is 7.21. The van der Waals surface area contributed by atoms with Gasteiger partial charge in [0.1, 0.15) is 0 Å². The molecule has 1 amide bonds. The van der Waals surface area contributed by atoms with Gasteiger partial charge in [0.25, 0.3) is 0 Å². The average Bonchev–Trinajstić information content (AvgIpc) is 3.33. The molecule has 2 heterocycles. The molecule has 9 nitrogen and oxygen atoms in total. The maximum atomic E-state index is 12.9. The van der Waals surface area contributed by atoms with Crippen molar-refractivity contribution in [2.24, 2.45) is 17.3 Å². The number of halogens is 1. The smallest absolute Gasteiger partial charge is 0.358 e. The van der Waals surface area contributed by atoms with Gasteiger partial charge in [0.2, 0.25) is 5.91 Å². The maximum Gasteiger partial charge on any atom is 0.408 e. The Bertz CT molecular complexity index is 1020. The van der Waals surface area contributed by atoms with Gasteiger partial charge in [-0.2, -0.15) is 9.78 Å². The molecular formula is C22H29ClN6O3. The summed E-state index contributed by atoms with van der Waals surface area (Å²) in [6.45, 7) is 3.23. The number of carbonyl (C=O) groups excluding carboxylic acids is 1. The molecule has 0 aliphatic heterocycles. The Morgan fingerprint density at radius 2 is 2.09 bits per heavy atom. The fourth-order valence-corrected chi connectivity index (χ4v) is 7.39. The van der Waals surface area contributed by atoms with Gasteiger partial charge in [-0.1, -0.05) is 11.6 Å². The molecule has 2 aromatic heterocycles. The van der Waals surface area contributed by atoms with Gasteiger partial charge in [0.15, 0.2) is 5.02 Å². The number of nitrogens with one attached hydrogen (secondary N) is 1. The first-order valence-electron chi connectivity index (χ1n) is 11.4. The lowest BCUT2D eigenvalue weighted by molar-refractivity contribution is -0.389. The zero-order valence-corrected chi connectivity index (χ0v) is 19.1. The summed E-state index contributed by atoms with van der Waals surface area (Å²) < 4.78 is 3.72. The molecule has 6 rings (SSSR count). The van der Waals surface area contributed by atoms with Crippen LogP contribution < -0.4 is 5.32 Å². The minimum atomic E-state index is -0.501. The first-order valence-corrected chi connectivity index (χ1v) is 11.8. The minimum absolute atomic E-state index is 0.0597. The predicted molar refractivity (Wildman–Crippen MR) is 118 cm³/mol. The summed E-state index contributed by atoms with van der Waals surface area (Å²) in [4.78, 5) is 23.8. The fraction of sp³-hybridized carbons (Fsp3) is 0.682. The molecule has 10 heteroatoms. The lowest BCUT2D eigenvalue weighted by atomic mass is 9.46. The van der Waals surface area contributed by atoms with Crippen LogP contribution in [-0.4, -0.2) is 36.9 Å². The molecule has 4 fully saturated rings. The van der Waals surface area contributed by atoms with Crippen molar-refractivity contribution >= 4 is 23.3 Å². The lowest BCUT2D eigenvalue weighted by Gasteiger charge is -2.61. The zero-order valence-electron chi connectivity index (χ0n) is 18.3. The highest BCUT2D eigenvalue weighted by molar-refractivity contribution is 6.33. The number of amides is 1. The Morgan fingerprint density at radius 3 is 2.72 bits per heavy atom. The molecule has 4 bridgehead atoms. The van der Waals surface area contributed by atoms with Crippen LogP contribution in [0.5, 0.6) is 0 Å². The summed E-state index contributed by atoms with van der Waals surface area (Å²) in [6, 6.07) is 1.89.